The second-order valence-electron chi connectivity index (χ2n) is 1.91. The van der Waals surface area contributed by atoms with Gasteiger partial charge in [0.05, 0.1) is 0 Å². The predicted molar refractivity (Wildman–Crippen MR) is 34.9 cm³/mol. The molecule has 0 aliphatic rings. The molecule has 0 fully saturated rings. The van der Waals surface area contributed by atoms with E-state index in [-0.39, 0.29) is 0 Å². The number of nitrogens with two attached hydrogens (primary N) is 1. The highest BCUT2D eigenvalue weighted by atomic mass is 16.4. The van der Waals surface area contributed by atoms with Crippen molar-refractivity contribution in [3.8, 4) is 0 Å². The van der Waals surface area contributed by atoms with Gasteiger partial charge in [-0.2, -0.15) is 5.11 Å². The molecule has 4 N–H and O–H groups in total. The number of nitrogens with zero attached hydrogens (tertiary/aromatic N) is 1. The molecule has 0 aromatic rings. The van der Waals surface area contributed by atoms with Gasteiger partial charge in [0.25, 0.3) is 0 Å². The third-order valence-corrected chi connectivity index (χ3v) is 1.12. The van der Waals surface area contributed by atoms with Crippen molar-refractivity contribution in [1.29, 1.82) is 5.53 Å². The van der Waals surface area contributed by atoms with Crippen molar-refractivity contribution in [2.75, 3.05) is 6.54 Å². The minimum Gasteiger partial charge on any atom is -0.480 e. The monoisotopic (exact) mass is 145 g/mol. The second kappa shape index (κ2) is 4.87. The summed E-state index contributed by atoms with van der Waals surface area (Å²) in [7, 11) is 0. The maximum atomic E-state index is 10.2. The molecule has 0 unspecified atom stereocenters. The average molecular weight is 145 g/mol. The van der Waals surface area contributed by atoms with Crippen molar-refractivity contribution in [3.63, 3.8) is 0 Å². The second-order valence-corrected chi connectivity index (χ2v) is 1.91. The molecule has 5 heteroatoms. The zero-order chi connectivity index (χ0) is 7.98. The highest BCUT2D eigenvalue weighted by Crippen LogP contribution is 2.00. The Morgan fingerprint density at radius 3 is 2.70 bits per heavy atom. The molecule has 1 atom stereocenters. The van der Waals surface area contributed by atoms with E-state index < -0.39 is 12.0 Å². The van der Waals surface area contributed by atoms with Crippen LogP contribution in [0, 0.1) is 5.53 Å². The minimum absolute atomic E-state index is 0.356. The Morgan fingerprint density at radius 1 is 1.80 bits per heavy atom. The van der Waals surface area contributed by atoms with Gasteiger partial charge in [-0.15, -0.1) is 0 Å². The molecule has 58 valence electrons. The molecular weight excluding hydrogens is 134 g/mol. The van der Waals surface area contributed by atoms with Crippen LogP contribution in [-0.2, 0) is 4.79 Å². The number of carboxylic acid groups (broad SMARTS) is 1. The van der Waals surface area contributed by atoms with Crippen molar-refractivity contribution in [2.24, 2.45) is 10.8 Å². The highest BCUT2D eigenvalue weighted by molar-refractivity contribution is 5.73. The quantitative estimate of drug-likeness (QED) is 0.482. The van der Waals surface area contributed by atoms with Crippen molar-refractivity contribution in [1.82, 2.24) is 0 Å². The van der Waals surface area contributed by atoms with E-state index in [4.69, 9.17) is 16.4 Å². The van der Waals surface area contributed by atoms with Crippen molar-refractivity contribution >= 4 is 5.97 Å². The summed E-state index contributed by atoms with van der Waals surface area (Å²) < 4.78 is 0. The normalized spacial score (nSPS) is 12.5. The maximum absolute atomic E-state index is 10.2. The molecule has 0 aliphatic heterocycles. The van der Waals surface area contributed by atoms with Gasteiger partial charge >= 0.3 is 5.97 Å². The minimum atomic E-state index is -1.05. The first-order valence-corrected chi connectivity index (χ1v) is 3.01. The van der Waals surface area contributed by atoms with E-state index in [9.17, 15) is 4.79 Å². The van der Waals surface area contributed by atoms with Crippen LogP contribution in [0.25, 0.3) is 0 Å². The first-order chi connectivity index (χ1) is 4.72. The Labute approximate surface area is 58.7 Å². The van der Waals surface area contributed by atoms with E-state index in [1.807, 2.05) is 0 Å². The number of rotatable bonds is 5. The van der Waals surface area contributed by atoms with E-state index >= 15 is 0 Å². The summed E-state index contributed by atoms with van der Waals surface area (Å²) in [5, 5.41) is 11.3. The van der Waals surface area contributed by atoms with E-state index in [0.29, 0.717) is 19.4 Å². The third kappa shape index (κ3) is 3.13. The summed E-state index contributed by atoms with van der Waals surface area (Å²) in [6.07, 6.45) is 0.953. The topological polar surface area (TPSA) is 99.5 Å². The predicted octanol–water partition coefficient (Wildman–Crippen LogP) is 0.209. The molecule has 0 rings (SSSR count). The van der Waals surface area contributed by atoms with Crippen LogP contribution in [0.4, 0.5) is 0 Å². The lowest BCUT2D eigenvalue weighted by Crippen LogP contribution is -2.18. The van der Waals surface area contributed by atoms with Crippen LogP contribution >= 0.6 is 0 Å². The first kappa shape index (κ1) is 9.03. The van der Waals surface area contributed by atoms with Crippen LogP contribution in [0.1, 0.15) is 12.8 Å². The number of hydrogen-bond acceptors (Lipinski definition) is 4. The molecule has 0 amide bonds. The van der Waals surface area contributed by atoms with Gasteiger partial charge in [0.15, 0.2) is 6.04 Å². The summed E-state index contributed by atoms with van der Waals surface area (Å²) in [4.78, 5) is 10.2. The Balaban J connectivity index is 3.60. The molecule has 0 aliphatic carbocycles. The van der Waals surface area contributed by atoms with Crippen molar-refractivity contribution in [3.05, 3.63) is 0 Å². The van der Waals surface area contributed by atoms with Gasteiger partial charge in [-0.25, -0.2) is 10.3 Å². The van der Waals surface area contributed by atoms with Crippen molar-refractivity contribution in [2.45, 2.75) is 18.9 Å². The summed E-state index contributed by atoms with van der Waals surface area (Å²) in [5.74, 6) is -1.05. The fraction of sp³-hybridized carbons (Fsp3) is 0.800. The Hall–Kier alpha value is -0.970. The fourth-order valence-corrected chi connectivity index (χ4v) is 0.554. The van der Waals surface area contributed by atoms with Gasteiger partial charge in [0, 0.05) is 0 Å². The molecule has 0 bridgehead atoms. The lowest BCUT2D eigenvalue weighted by Gasteiger charge is -2.01. The van der Waals surface area contributed by atoms with E-state index in [1.54, 1.807) is 0 Å². The standard InChI is InChI=1S/C5H11N3O2/c6-3-1-2-4(8-7)5(9)10/h4,7H,1-3,6H2,(H,9,10)/t4-/m1/s1. The molecule has 0 aromatic heterocycles. The summed E-state index contributed by atoms with van der Waals surface area (Å²) in [6.45, 7) is 0.444. The molecular formula is C5H11N3O2. The number of carbonyl (C=O) groups is 1. The Kier molecular flexibility index (Phi) is 4.39. The molecule has 0 saturated heterocycles. The van der Waals surface area contributed by atoms with E-state index in [2.05, 4.69) is 5.11 Å². The molecule has 10 heavy (non-hydrogen) atoms. The van der Waals surface area contributed by atoms with E-state index in [0.717, 1.165) is 0 Å². The molecule has 0 spiro atoms. The van der Waals surface area contributed by atoms with Crippen LogP contribution < -0.4 is 5.73 Å². The molecule has 0 heterocycles. The van der Waals surface area contributed by atoms with Gasteiger partial charge in [-0.05, 0) is 19.4 Å². The smallest absolute Gasteiger partial charge is 0.330 e. The number of hydrogen-bond donors (Lipinski definition) is 3. The summed E-state index contributed by atoms with van der Waals surface area (Å²) in [6, 6.07) is -0.899. The zero-order valence-corrected chi connectivity index (χ0v) is 5.58. The lowest BCUT2D eigenvalue weighted by atomic mass is 10.2. The summed E-state index contributed by atoms with van der Waals surface area (Å²) in [5.41, 5.74) is 11.6. The fourth-order valence-electron chi connectivity index (χ4n) is 0.554. The van der Waals surface area contributed by atoms with Crippen LogP contribution in [0.2, 0.25) is 0 Å². The number of nitrogens with one attached hydrogen (secondary N) is 1. The van der Waals surface area contributed by atoms with Gasteiger partial charge in [-0.1, -0.05) is 0 Å². The molecule has 0 saturated carbocycles. The SMILES string of the molecule is N=N[C@H](CCCN)C(=O)O. The first-order valence-electron chi connectivity index (χ1n) is 3.01. The van der Waals surface area contributed by atoms with Gasteiger partial charge in [-0.3, -0.25) is 0 Å². The highest BCUT2D eigenvalue weighted by Gasteiger charge is 2.13. The van der Waals surface area contributed by atoms with Crippen LogP contribution in [0.5, 0.6) is 0 Å². The average Bonchev–Trinajstić information content (AvgIpc) is 1.89. The summed E-state index contributed by atoms with van der Waals surface area (Å²) >= 11 is 0. The molecule has 0 aromatic carbocycles. The number of carboxylic acids is 1. The van der Waals surface area contributed by atoms with Crippen LogP contribution in [0.15, 0.2) is 5.11 Å². The molecule has 5 nitrogen and oxygen atoms in total. The molecule has 0 radical (unpaired) electrons. The zero-order valence-electron chi connectivity index (χ0n) is 5.58. The number of aliphatic carboxylic acids is 1. The third-order valence-electron chi connectivity index (χ3n) is 1.12. The Bertz CT molecular complexity index is 126. The van der Waals surface area contributed by atoms with Gasteiger partial charge in [0.2, 0.25) is 0 Å². The van der Waals surface area contributed by atoms with E-state index in [1.165, 1.54) is 0 Å². The largest absolute Gasteiger partial charge is 0.480 e. The van der Waals surface area contributed by atoms with Crippen LogP contribution in [-0.4, -0.2) is 23.7 Å². The Morgan fingerprint density at radius 2 is 2.40 bits per heavy atom. The maximum Gasteiger partial charge on any atom is 0.330 e. The van der Waals surface area contributed by atoms with Crippen molar-refractivity contribution < 1.29 is 9.90 Å². The van der Waals surface area contributed by atoms with Crippen LogP contribution in [0.3, 0.4) is 0 Å². The lowest BCUT2D eigenvalue weighted by molar-refractivity contribution is -0.138. The van der Waals surface area contributed by atoms with Gasteiger partial charge < -0.3 is 10.8 Å². The van der Waals surface area contributed by atoms with Gasteiger partial charge in [0.1, 0.15) is 0 Å².